The molecule has 1 heterocycles. The molecule has 5 nitrogen and oxygen atoms in total. The van der Waals surface area contributed by atoms with Gasteiger partial charge in [-0.1, -0.05) is 20.8 Å². The van der Waals surface area contributed by atoms with E-state index in [0.29, 0.717) is 19.0 Å². The van der Waals surface area contributed by atoms with Crippen LogP contribution in [-0.4, -0.2) is 43.6 Å². The molecule has 1 saturated heterocycles. The molecule has 0 aromatic heterocycles. The highest BCUT2D eigenvalue weighted by atomic mass is 32.2. The summed E-state index contributed by atoms with van der Waals surface area (Å²) in [6, 6.07) is -0.405. The Hall–Kier alpha value is -0.170. The molecule has 102 valence electrons. The van der Waals surface area contributed by atoms with Gasteiger partial charge in [-0.3, -0.25) is 0 Å². The molecule has 1 fully saturated rings. The van der Waals surface area contributed by atoms with Crippen LogP contribution in [0.4, 0.5) is 0 Å². The summed E-state index contributed by atoms with van der Waals surface area (Å²) in [6.45, 7) is 6.83. The number of nitrogens with zero attached hydrogens (tertiary/aromatic N) is 1. The van der Waals surface area contributed by atoms with E-state index >= 15 is 0 Å². The Morgan fingerprint density at radius 2 is 2.12 bits per heavy atom. The van der Waals surface area contributed by atoms with Crippen LogP contribution in [0.2, 0.25) is 0 Å². The lowest BCUT2D eigenvalue weighted by Crippen LogP contribution is -2.51. The Kier molecular flexibility index (Phi) is 5.37. The van der Waals surface area contributed by atoms with Crippen molar-refractivity contribution in [1.82, 2.24) is 9.03 Å². The molecule has 0 radical (unpaired) electrons. The molecule has 0 aromatic carbocycles. The molecule has 0 bridgehead atoms. The van der Waals surface area contributed by atoms with Crippen molar-refractivity contribution in [2.75, 3.05) is 19.7 Å². The number of nitrogens with one attached hydrogen (secondary N) is 1. The predicted octanol–water partition coefficient (Wildman–Crippen LogP) is 0.570. The van der Waals surface area contributed by atoms with Crippen LogP contribution in [0.1, 0.15) is 33.6 Å². The normalized spacial score (nSPS) is 25.1. The minimum Gasteiger partial charge on any atom is -0.395 e. The maximum atomic E-state index is 12.1. The monoisotopic (exact) mass is 264 g/mol. The van der Waals surface area contributed by atoms with Gasteiger partial charge in [0.05, 0.1) is 6.61 Å². The molecular weight excluding hydrogens is 240 g/mol. The Bertz CT molecular complexity index is 330. The number of aliphatic hydroxyl groups is 1. The second kappa shape index (κ2) is 6.13. The van der Waals surface area contributed by atoms with Crippen molar-refractivity contribution in [1.29, 1.82) is 0 Å². The molecule has 1 unspecified atom stereocenters. The summed E-state index contributed by atoms with van der Waals surface area (Å²) in [5.41, 5.74) is 0. The number of hydrogen-bond acceptors (Lipinski definition) is 3. The first kappa shape index (κ1) is 14.9. The maximum absolute atomic E-state index is 12.1. The van der Waals surface area contributed by atoms with E-state index in [1.807, 2.05) is 13.8 Å². The zero-order chi connectivity index (χ0) is 13.1. The fourth-order valence-electron chi connectivity index (χ4n) is 2.01. The zero-order valence-electron chi connectivity index (χ0n) is 10.9. The average Bonchev–Trinajstić information content (AvgIpc) is 2.25. The highest BCUT2D eigenvalue weighted by Gasteiger charge is 2.29. The fraction of sp³-hybridized carbons (Fsp3) is 1.00. The van der Waals surface area contributed by atoms with Crippen molar-refractivity contribution in [2.45, 2.75) is 39.7 Å². The minimum atomic E-state index is -3.45. The lowest BCUT2D eigenvalue weighted by Gasteiger charge is -2.32. The molecule has 1 aliphatic rings. The molecular formula is C11H24N2O3S. The van der Waals surface area contributed by atoms with E-state index in [9.17, 15) is 8.42 Å². The highest BCUT2D eigenvalue weighted by molar-refractivity contribution is 7.87. The molecule has 0 spiro atoms. The summed E-state index contributed by atoms with van der Waals surface area (Å²) in [5, 5.41) is 9.16. The molecule has 1 aliphatic heterocycles. The van der Waals surface area contributed by atoms with Crippen molar-refractivity contribution < 1.29 is 13.5 Å². The average molecular weight is 264 g/mol. The van der Waals surface area contributed by atoms with Gasteiger partial charge in [-0.15, -0.1) is 0 Å². The van der Waals surface area contributed by atoms with Gasteiger partial charge in [0.1, 0.15) is 0 Å². The van der Waals surface area contributed by atoms with Gasteiger partial charge in [0, 0.05) is 19.1 Å². The van der Waals surface area contributed by atoms with E-state index in [1.54, 1.807) is 0 Å². The maximum Gasteiger partial charge on any atom is 0.279 e. The predicted molar refractivity (Wildman–Crippen MR) is 67.7 cm³/mol. The van der Waals surface area contributed by atoms with E-state index in [4.69, 9.17) is 5.11 Å². The first-order chi connectivity index (χ1) is 7.86. The first-order valence-corrected chi connectivity index (χ1v) is 7.69. The van der Waals surface area contributed by atoms with E-state index in [0.717, 1.165) is 12.8 Å². The fourth-order valence-corrected chi connectivity index (χ4v) is 3.71. The highest BCUT2D eigenvalue weighted by Crippen LogP contribution is 2.18. The van der Waals surface area contributed by atoms with Crippen LogP contribution in [0.15, 0.2) is 0 Å². The van der Waals surface area contributed by atoms with Crippen LogP contribution in [0.25, 0.3) is 0 Å². The standard InChI is InChI=1S/C11H24N2O3S/c1-9(2)11(8-14)12-17(15,16)13-6-4-5-10(3)7-13/h9-12,14H,4-8H2,1-3H3/t10?,11-/m1/s1. The van der Waals surface area contributed by atoms with Gasteiger partial charge in [-0.05, 0) is 24.7 Å². The summed E-state index contributed by atoms with van der Waals surface area (Å²) < 4.78 is 28.3. The molecule has 1 rings (SSSR count). The Morgan fingerprint density at radius 1 is 1.47 bits per heavy atom. The van der Waals surface area contributed by atoms with Crippen molar-refractivity contribution in [3.8, 4) is 0 Å². The first-order valence-electron chi connectivity index (χ1n) is 6.25. The van der Waals surface area contributed by atoms with Crippen LogP contribution in [-0.2, 0) is 10.2 Å². The molecule has 17 heavy (non-hydrogen) atoms. The quantitative estimate of drug-likeness (QED) is 0.763. The van der Waals surface area contributed by atoms with Crippen LogP contribution >= 0.6 is 0 Å². The Labute approximate surface area is 104 Å². The van der Waals surface area contributed by atoms with Gasteiger partial charge in [-0.2, -0.15) is 17.4 Å². The number of hydrogen-bond donors (Lipinski definition) is 2. The summed E-state index contributed by atoms with van der Waals surface area (Å²) >= 11 is 0. The second-order valence-corrected chi connectivity index (χ2v) is 6.96. The summed E-state index contributed by atoms with van der Waals surface area (Å²) in [6.07, 6.45) is 1.99. The summed E-state index contributed by atoms with van der Waals surface area (Å²) in [7, 11) is -3.45. The van der Waals surface area contributed by atoms with Gasteiger partial charge < -0.3 is 5.11 Å². The Balaban J connectivity index is 2.67. The Morgan fingerprint density at radius 3 is 2.59 bits per heavy atom. The molecule has 2 atom stereocenters. The minimum absolute atomic E-state index is 0.0805. The summed E-state index contributed by atoms with van der Waals surface area (Å²) in [4.78, 5) is 0. The van der Waals surface area contributed by atoms with E-state index in [-0.39, 0.29) is 12.5 Å². The van der Waals surface area contributed by atoms with Crippen LogP contribution < -0.4 is 4.72 Å². The molecule has 0 amide bonds. The van der Waals surface area contributed by atoms with Gasteiger partial charge in [0.25, 0.3) is 10.2 Å². The third-order valence-corrected chi connectivity index (χ3v) is 4.87. The summed E-state index contributed by atoms with van der Waals surface area (Å²) in [5.74, 6) is 0.490. The van der Waals surface area contributed by atoms with Gasteiger partial charge in [0.2, 0.25) is 0 Å². The van der Waals surface area contributed by atoms with Gasteiger partial charge in [0.15, 0.2) is 0 Å². The molecule has 6 heteroatoms. The van der Waals surface area contributed by atoms with E-state index in [2.05, 4.69) is 11.6 Å². The lowest BCUT2D eigenvalue weighted by atomic mass is 10.0. The zero-order valence-corrected chi connectivity index (χ0v) is 11.7. The smallest absolute Gasteiger partial charge is 0.279 e. The lowest BCUT2D eigenvalue weighted by molar-refractivity contribution is 0.220. The van der Waals surface area contributed by atoms with Crippen molar-refractivity contribution >= 4 is 10.2 Å². The van der Waals surface area contributed by atoms with Crippen LogP contribution in [0.3, 0.4) is 0 Å². The second-order valence-electron chi connectivity index (χ2n) is 5.26. The SMILES string of the molecule is CC1CCCN(S(=O)(=O)N[C@H](CO)C(C)C)C1. The van der Waals surface area contributed by atoms with Crippen molar-refractivity contribution in [3.05, 3.63) is 0 Å². The van der Waals surface area contributed by atoms with Gasteiger partial charge >= 0.3 is 0 Å². The molecule has 2 N–H and O–H groups in total. The molecule has 0 aromatic rings. The topological polar surface area (TPSA) is 69.6 Å². The van der Waals surface area contributed by atoms with Crippen molar-refractivity contribution in [2.24, 2.45) is 11.8 Å². The van der Waals surface area contributed by atoms with E-state index < -0.39 is 16.3 Å². The third-order valence-electron chi connectivity index (χ3n) is 3.26. The van der Waals surface area contributed by atoms with Gasteiger partial charge in [-0.25, -0.2) is 0 Å². The number of piperidine rings is 1. The number of aliphatic hydroxyl groups excluding tert-OH is 1. The molecule has 0 aliphatic carbocycles. The number of rotatable bonds is 5. The molecule has 0 saturated carbocycles. The largest absolute Gasteiger partial charge is 0.395 e. The van der Waals surface area contributed by atoms with E-state index in [1.165, 1.54) is 4.31 Å². The van der Waals surface area contributed by atoms with Crippen molar-refractivity contribution in [3.63, 3.8) is 0 Å². The van der Waals surface area contributed by atoms with Crippen LogP contribution in [0, 0.1) is 11.8 Å². The van der Waals surface area contributed by atoms with Crippen LogP contribution in [0.5, 0.6) is 0 Å². The third kappa shape index (κ3) is 4.21.